The van der Waals surface area contributed by atoms with Crippen LogP contribution in [0.15, 0.2) is 0 Å². The summed E-state index contributed by atoms with van der Waals surface area (Å²) < 4.78 is 126. The first kappa shape index (κ1) is 91.2. The first-order valence-electron chi connectivity index (χ1n) is 33.7. The highest BCUT2D eigenvalue weighted by Gasteiger charge is 2.48. The standard InChI is InChI=1S/C59H114N3O34P3/c1-40(2)87-39-59(36-81-21-18-30-91-97(75,76)88-27-15-9-6-12-24-84-56-47(60-41(3)66)53(72)50(69)44(33-63)94-56,37-82-22-19-31-92-98(77,78)89-28-16-10-7-13-25-85-57-48(61-42(4)67)54(73)51(70)45(34-64)95-57)38-83-23-20-32-93-99(79,80)90-29-17-11-8-14-26-86-58-49(62-43(5)68)55(74)52(71)46(35-65)96-58/h40,44-58,63-65,69-74H,6-39H2,1-5H3,(H,60,66)(H,61,67)(H,62,68)(H,75,76)(H,77,78)(H,79,80)/p-3/t44?,45?,46?,47?,48?,49?,50-,51-,52-,53+,54+,55+,56+,57+,58+,59?/m0/s1. The van der Waals surface area contributed by atoms with E-state index in [9.17, 15) is 88.7 Å². The molecule has 3 aliphatic rings. The molecule has 0 saturated carbocycles. The molecular weight excluding hydrogens is 1390 g/mol. The highest BCUT2D eigenvalue weighted by molar-refractivity contribution is 7.46. The van der Waals surface area contributed by atoms with Crippen LogP contribution in [0.1, 0.15) is 131 Å². The van der Waals surface area contributed by atoms with Crippen LogP contribution in [-0.2, 0) is 103 Å². The molecule has 3 heterocycles. The summed E-state index contributed by atoms with van der Waals surface area (Å²) in [4.78, 5) is 72.8. The van der Waals surface area contributed by atoms with Crippen LogP contribution in [0.2, 0.25) is 0 Å². The molecule has 0 aromatic carbocycles. The average Bonchev–Trinajstić information content (AvgIpc) is 0.824. The summed E-state index contributed by atoms with van der Waals surface area (Å²) in [5.41, 5.74) is -1.03. The minimum Gasteiger partial charge on any atom is -0.756 e. The first-order valence-corrected chi connectivity index (χ1v) is 38.1. The molecule has 99 heavy (non-hydrogen) atoms. The lowest BCUT2D eigenvalue weighted by Gasteiger charge is -2.42. The molecule has 584 valence electrons. The number of hydrogen-bond donors (Lipinski definition) is 12. The van der Waals surface area contributed by atoms with Crippen LogP contribution in [0.3, 0.4) is 0 Å². The van der Waals surface area contributed by atoms with Crippen LogP contribution < -0.4 is 30.6 Å². The quantitative estimate of drug-likeness (QED) is 0.0225. The largest absolute Gasteiger partial charge is 0.756 e. The number of phosphoric ester groups is 3. The first-order chi connectivity index (χ1) is 47.0. The Labute approximate surface area is 578 Å². The monoisotopic (exact) mass is 1500 g/mol. The van der Waals surface area contributed by atoms with Crippen LogP contribution >= 0.6 is 23.5 Å². The summed E-state index contributed by atoms with van der Waals surface area (Å²) in [5.74, 6) is -1.47. The van der Waals surface area contributed by atoms with E-state index in [1.165, 1.54) is 20.8 Å². The van der Waals surface area contributed by atoms with E-state index in [-0.39, 0.29) is 131 Å². The number of carbonyl (C=O) groups is 3. The van der Waals surface area contributed by atoms with E-state index in [4.69, 9.17) is 74.5 Å². The number of rotatable bonds is 57. The fourth-order valence-corrected chi connectivity index (χ4v) is 12.6. The minimum absolute atomic E-state index is 0.00469. The lowest BCUT2D eigenvalue weighted by molar-refractivity contribution is -0.270. The van der Waals surface area contributed by atoms with E-state index in [2.05, 4.69) is 16.0 Å². The maximum absolute atomic E-state index is 12.6. The minimum atomic E-state index is -4.71. The van der Waals surface area contributed by atoms with E-state index < -0.39 is 158 Å². The van der Waals surface area contributed by atoms with E-state index in [1.54, 1.807) is 13.8 Å². The second kappa shape index (κ2) is 49.7. The maximum Gasteiger partial charge on any atom is 0.267 e. The number of carbonyl (C=O) groups excluding carboxylic acids is 3. The maximum atomic E-state index is 12.6. The third kappa shape index (κ3) is 37.2. The van der Waals surface area contributed by atoms with E-state index in [1.807, 2.05) is 0 Å². The molecule has 3 aliphatic heterocycles. The van der Waals surface area contributed by atoms with Crippen molar-refractivity contribution in [1.82, 2.24) is 16.0 Å². The molecule has 12 N–H and O–H groups in total. The number of nitrogens with one attached hydrogen (secondary N) is 3. The third-order valence-electron chi connectivity index (χ3n) is 15.5. The molecule has 37 nitrogen and oxygen atoms in total. The van der Waals surface area contributed by atoms with Crippen LogP contribution in [0.4, 0.5) is 0 Å². The highest BCUT2D eigenvalue weighted by atomic mass is 31.2. The zero-order valence-electron chi connectivity index (χ0n) is 57.4. The zero-order valence-corrected chi connectivity index (χ0v) is 60.0. The van der Waals surface area contributed by atoms with Crippen molar-refractivity contribution < 1.29 is 163 Å². The molecule has 3 fully saturated rings. The second-order valence-corrected chi connectivity index (χ2v) is 28.8. The van der Waals surface area contributed by atoms with Gasteiger partial charge in [-0.05, 0) is 71.6 Å². The predicted octanol–water partition coefficient (Wildman–Crippen LogP) is -2.32. The van der Waals surface area contributed by atoms with Gasteiger partial charge in [-0.15, -0.1) is 0 Å². The van der Waals surface area contributed by atoms with Crippen molar-refractivity contribution in [3.8, 4) is 0 Å². The Hall–Kier alpha value is -2.02. The van der Waals surface area contributed by atoms with Gasteiger partial charge in [-0.2, -0.15) is 0 Å². The Morgan fingerprint density at radius 1 is 0.384 bits per heavy atom. The third-order valence-corrected chi connectivity index (χ3v) is 18.5. The van der Waals surface area contributed by atoms with E-state index >= 15 is 0 Å². The van der Waals surface area contributed by atoms with Gasteiger partial charge in [-0.3, -0.25) is 28.1 Å². The fourth-order valence-electron chi connectivity index (χ4n) is 10.2. The Morgan fingerprint density at radius 2 is 0.626 bits per heavy atom. The number of phosphoric acid groups is 3. The van der Waals surface area contributed by atoms with Crippen LogP contribution in [0, 0.1) is 5.41 Å². The molecule has 0 aromatic heterocycles. The molecule has 3 amide bonds. The summed E-state index contributed by atoms with van der Waals surface area (Å²) in [6.45, 7) is 4.35. The SMILES string of the molecule is CC(=O)NC1[C@H](OCCCCCCOP(=O)([O-])OCCCOCC(COCCCOP(=O)([O-])OCCCCCCO[C@@H]2OC(CO)[C@H](O)[C@H](O)C2NC(C)=O)(COCCCOP(=O)([O-])OCCCCCCO[C@@H]2OC(CO)[C@H](O)[C@H](O)C2NC(C)=O)COC(C)C)OC(CO)[C@H](O)[C@@H]1O. The zero-order chi connectivity index (χ0) is 73.4. The summed E-state index contributed by atoms with van der Waals surface area (Å²) in [6, 6.07) is -3.24. The highest BCUT2D eigenvalue weighted by Crippen LogP contribution is 2.41. The molecule has 3 rings (SSSR count). The average molecular weight is 1500 g/mol. The second-order valence-electron chi connectivity index (χ2n) is 24.6. The Bertz CT molecular complexity index is 2110. The Balaban J connectivity index is 1.44. The number of aliphatic hydroxyl groups excluding tert-OH is 9. The lowest BCUT2D eigenvalue weighted by atomic mass is 9.92. The predicted molar refractivity (Wildman–Crippen MR) is 338 cm³/mol. The molecule has 0 bridgehead atoms. The molecular formula is C59H111N3O34P3-3. The van der Waals surface area contributed by atoms with Crippen molar-refractivity contribution in [2.45, 2.75) is 229 Å². The smallest absolute Gasteiger partial charge is 0.267 e. The van der Waals surface area contributed by atoms with Crippen molar-refractivity contribution in [1.29, 1.82) is 0 Å². The molecule has 0 aliphatic carbocycles. The van der Waals surface area contributed by atoms with Crippen molar-refractivity contribution >= 4 is 41.2 Å². The molecule has 0 aromatic rings. The van der Waals surface area contributed by atoms with Gasteiger partial charge in [0.25, 0.3) is 23.5 Å². The summed E-state index contributed by atoms with van der Waals surface area (Å²) in [7, 11) is -14.1. The van der Waals surface area contributed by atoms with Crippen molar-refractivity contribution in [3.05, 3.63) is 0 Å². The van der Waals surface area contributed by atoms with E-state index in [0.29, 0.717) is 77.0 Å². The Kier molecular flexibility index (Phi) is 45.8. The molecule has 0 radical (unpaired) electrons. The normalized spacial score (nSPS) is 28.4. The van der Waals surface area contributed by atoms with Gasteiger partial charge < -0.3 is 151 Å². The van der Waals surface area contributed by atoms with Gasteiger partial charge in [0.1, 0.15) is 73.1 Å². The van der Waals surface area contributed by atoms with Gasteiger partial charge in [0.15, 0.2) is 18.9 Å². The summed E-state index contributed by atoms with van der Waals surface area (Å²) >= 11 is 0. The van der Waals surface area contributed by atoms with Gasteiger partial charge in [-0.25, -0.2) is 0 Å². The number of hydrogen-bond acceptors (Lipinski definition) is 34. The van der Waals surface area contributed by atoms with Crippen LogP contribution in [0.5, 0.6) is 0 Å². The van der Waals surface area contributed by atoms with Gasteiger partial charge in [0.05, 0.1) is 97.4 Å². The van der Waals surface area contributed by atoms with Gasteiger partial charge in [-0.1, -0.05) is 38.5 Å². The number of aliphatic hydroxyl groups is 9. The molecule has 9 unspecified atom stereocenters. The molecule has 18 atom stereocenters. The summed E-state index contributed by atoms with van der Waals surface area (Å²) in [6.07, 6.45) is -9.64. The topological polar surface area (TPSA) is 537 Å². The van der Waals surface area contributed by atoms with Gasteiger partial charge >= 0.3 is 0 Å². The number of unbranched alkanes of at least 4 members (excludes halogenated alkanes) is 9. The van der Waals surface area contributed by atoms with Crippen LogP contribution in [0.25, 0.3) is 0 Å². The summed E-state index contributed by atoms with van der Waals surface area (Å²) in [5, 5.41) is 98.0. The number of amides is 3. The molecule has 3 saturated heterocycles. The Morgan fingerprint density at radius 3 is 0.859 bits per heavy atom. The van der Waals surface area contributed by atoms with Gasteiger partial charge in [0.2, 0.25) is 17.7 Å². The molecule has 0 spiro atoms. The van der Waals surface area contributed by atoms with Crippen LogP contribution in [-0.4, -0.2) is 287 Å². The lowest BCUT2D eigenvalue weighted by Crippen LogP contribution is -2.64. The number of ether oxygens (including phenoxy) is 10. The van der Waals surface area contributed by atoms with Crippen molar-refractivity contribution in [2.24, 2.45) is 5.41 Å². The van der Waals surface area contributed by atoms with Gasteiger partial charge in [0, 0.05) is 60.4 Å². The fraction of sp³-hybridized carbons (Fsp3) is 0.949. The van der Waals surface area contributed by atoms with Crippen molar-refractivity contribution in [3.63, 3.8) is 0 Å². The van der Waals surface area contributed by atoms with Crippen molar-refractivity contribution in [2.75, 3.05) is 126 Å². The van der Waals surface area contributed by atoms with E-state index in [0.717, 1.165) is 0 Å². The molecule has 40 heteroatoms.